The van der Waals surface area contributed by atoms with E-state index in [-0.39, 0.29) is 12.5 Å². The van der Waals surface area contributed by atoms with Gasteiger partial charge >= 0.3 is 11.8 Å². The standard InChI is InChI=1S/C8H14N4O3/c9-11-8(15)7(14)10-5-6(13)12-3-1-2-4-12/h1-5,9H2,(H,10,14)(H,11,15). The van der Waals surface area contributed by atoms with E-state index in [1.165, 1.54) is 0 Å². The fraction of sp³-hybridized carbons (Fsp3) is 0.625. The minimum absolute atomic E-state index is 0.160. The van der Waals surface area contributed by atoms with Gasteiger partial charge in [0.25, 0.3) is 0 Å². The fourth-order valence-electron chi connectivity index (χ4n) is 1.38. The second-order valence-electron chi connectivity index (χ2n) is 3.24. The van der Waals surface area contributed by atoms with Gasteiger partial charge in [-0.15, -0.1) is 0 Å². The molecule has 1 aliphatic heterocycles. The third kappa shape index (κ3) is 3.21. The number of carbonyl (C=O) groups is 3. The monoisotopic (exact) mass is 214 g/mol. The Bertz CT molecular complexity index is 273. The lowest BCUT2D eigenvalue weighted by Gasteiger charge is -2.14. The van der Waals surface area contributed by atoms with Gasteiger partial charge in [-0.25, -0.2) is 5.84 Å². The Morgan fingerprint density at radius 3 is 2.27 bits per heavy atom. The molecule has 0 spiro atoms. The Morgan fingerprint density at radius 2 is 1.73 bits per heavy atom. The van der Waals surface area contributed by atoms with Crippen LogP contribution >= 0.6 is 0 Å². The van der Waals surface area contributed by atoms with E-state index in [4.69, 9.17) is 5.84 Å². The zero-order chi connectivity index (χ0) is 11.3. The number of carbonyl (C=O) groups excluding carboxylic acids is 3. The van der Waals surface area contributed by atoms with E-state index in [1.807, 2.05) is 0 Å². The highest BCUT2D eigenvalue weighted by atomic mass is 16.2. The Hall–Kier alpha value is -1.63. The number of likely N-dealkylation sites (tertiary alicyclic amines) is 1. The summed E-state index contributed by atoms with van der Waals surface area (Å²) >= 11 is 0. The number of hydrogen-bond donors (Lipinski definition) is 3. The van der Waals surface area contributed by atoms with E-state index in [0.717, 1.165) is 25.9 Å². The van der Waals surface area contributed by atoms with Crippen molar-refractivity contribution in [2.45, 2.75) is 12.8 Å². The molecule has 0 unspecified atom stereocenters. The molecule has 7 heteroatoms. The van der Waals surface area contributed by atoms with Crippen LogP contribution in [0.5, 0.6) is 0 Å². The Labute approximate surface area is 86.9 Å². The Kier molecular flexibility index (Phi) is 4.04. The highest BCUT2D eigenvalue weighted by molar-refractivity contribution is 6.35. The molecule has 0 aromatic carbocycles. The Balaban J connectivity index is 2.27. The maximum absolute atomic E-state index is 11.4. The van der Waals surface area contributed by atoms with Gasteiger partial charge in [-0.3, -0.25) is 19.8 Å². The molecule has 1 rings (SSSR count). The van der Waals surface area contributed by atoms with E-state index in [2.05, 4.69) is 5.32 Å². The second kappa shape index (κ2) is 5.30. The molecular weight excluding hydrogens is 200 g/mol. The summed E-state index contributed by atoms with van der Waals surface area (Å²) in [6.45, 7) is 1.28. The van der Waals surface area contributed by atoms with Crippen LogP contribution in [0.4, 0.5) is 0 Å². The molecule has 0 aromatic heterocycles. The zero-order valence-electron chi connectivity index (χ0n) is 8.28. The number of nitrogens with two attached hydrogens (primary N) is 1. The average molecular weight is 214 g/mol. The second-order valence-corrected chi connectivity index (χ2v) is 3.24. The van der Waals surface area contributed by atoms with Gasteiger partial charge in [-0.1, -0.05) is 0 Å². The van der Waals surface area contributed by atoms with Crippen molar-refractivity contribution in [3.05, 3.63) is 0 Å². The van der Waals surface area contributed by atoms with Crippen molar-refractivity contribution in [2.24, 2.45) is 5.84 Å². The van der Waals surface area contributed by atoms with Gasteiger partial charge in [0.15, 0.2) is 0 Å². The van der Waals surface area contributed by atoms with E-state index in [9.17, 15) is 14.4 Å². The van der Waals surface area contributed by atoms with Gasteiger partial charge in [0.05, 0.1) is 6.54 Å². The normalized spacial score (nSPS) is 14.9. The molecule has 84 valence electrons. The van der Waals surface area contributed by atoms with Crippen molar-refractivity contribution in [2.75, 3.05) is 19.6 Å². The quantitative estimate of drug-likeness (QED) is 0.208. The van der Waals surface area contributed by atoms with Crippen LogP contribution in [0.2, 0.25) is 0 Å². The van der Waals surface area contributed by atoms with Crippen LogP contribution in [-0.4, -0.2) is 42.3 Å². The third-order valence-electron chi connectivity index (χ3n) is 2.20. The minimum Gasteiger partial charge on any atom is -0.341 e. The van der Waals surface area contributed by atoms with E-state index < -0.39 is 11.8 Å². The molecule has 0 saturated carbocycles. The zero-order valence-corrected chi connectivity index (χ0v) is 8.28. The van der Waals surface area contributed by atoms with Gasteiger partial charge in [0.2, 0.25) is 5.91 Å². The van der Waals surface area contributed by atoms with Crippen molar-refractivity contribution in [3.63, 3.8) is 0 Å². The molecule has 3 amide bonds. The topological polar surface area (TPSA) is 105 Å². The molecule has 0 radical (unpaired) electrons. The number of rotatable bonds is 2. The molecule has 0 atom stereocenters. The van der Waals surface area contributed by atoms with Crippen molar-refractivity contribution >= 4 is 17.7 Å². The van der Waals surface area contributed by atoms with Crippen LogP contribution in [0, 0.1) is 0 Å². The maximum Gasteiger partial charge on any atom is 0.323 e. The maximum atomic E-state index is 11.4. The van der Waals surface area contributed by atoms with Crippen molar-refractivity contribution in [1.82, 2.24) is 15.6 Å². The minimum atomic E-state index is -0.954. The van der Waals surface area contributed by atoms with Gasteiger partial charge in [0, 0.05) is 13.1 Å². The molecule has 7 nitrogen and oxygen atoms in total. The molecule has 0 aromatic rings. The number of nitrogens with one attached hydrogen (secondary N) is 2. The first-order valence-electron chi connectivity index (χ1n) is 4.71. The third-order valence-corrected chi connectivity index (χ3v) is 2.20. The van der Waals surface area contributed by atoms with Gasteiger partial charge in [-0.05, 0) is 12.8 Å². The molecule has 15 heavy (non-hydrogen) atoms. The van der Waals surface area contributed by atoms with Crippen LogP contribution in [-0.2, 0) is 14.4 Å². The van der Waals surface area contributed by atoms with E-state index in [1.54, 1.807) is 10.3 Å². The molecule has 1 fully saturated rings. The van der Waals surface area contributed by atoms with Crippen LogP contribution in [0.15, 0.2) is 0 Å². The van der Waals surface area contributed by atoms with Gasteiger partial charge in [0.1, 0.15) is 0 Å². The van der Waals surface area contributed by atoms with Crippen LogP contribution < -0.4 is 16.6 Å². The van der Waals surface area contributed by atoms with Gasteiger partial charge in [-0.2, -0.15) is 0 Å². The highest BCUT2D eigenvalue weighted by Gasteiger charge is 2.19. The SMILES string of the molecule is NNC(=O)C(=O)NCC(=O)N1CCCC1. The molecule has 1 saturated heterocycles. The summed E-state index contributed by atoms with van der Waals surface area (Å²) < 4.78 is 0. The summed E-state index contributed by atoms with van der Waals surface area (Å²) in [6, 6.07) is 0. The number of hydrogen-bond acceptors (Lipinski definition) is 4. The summed E-state index contributed by atoms with van der Waals surface area (Å²) in [5.74, 6) is 2.72. The lowest BCUT2D eigenvalue weighted by molar-refractivity contribution is -0.140. The number of amides is 3. The molecule has 0 bridgehead atoms. The van der Waals surface area contributed by atoms with Crippen molar-refractivity contribution in [1.29, 1.82) is 0 Å². The average Bonchev–Trinajstić information content (AvgIpc) is 2.77. The first-order valence-corrected chi connectivity index (χ1v) is 4.71. The molecule has 4 N–H and O–H groups in total. The molecule has 1 aliphatic rings. The lowest BCUT2D eigenvalue weighted by atomic mass is 10.4. The summed E-state index contributed by atoms with van der Waals surface area (Å²) in [6.07, 6.45) is 1.98. The predicted octanol–water partition coefficient (Wildman–Crippen LogP) is -2.29. The van der Waals surface area contributed by atoms with Crippen molar-refractivity contribution in [3.8, 4) is 0 Å². The number of nitrogens with zero attached hydrogens (tertiary/aromatic N) is 1. The smallest absolute Gasteiger partial charge is 0.323 e. The van der Waals surface area contributed by atoms with Gasteiger partial charge < -0.3 is 10.2 Å². The molecular formula is C8H14N4O3. The highest BCUT2D eigenvalue weighted by Crippen LogP contribution is 2.06. The van der Waals surface area contributed by atoms with Crippen molar-refractivity contribution < 1.29 is 14.4 Å². The first-order chi connectivity index (χ1) is 7.15. The number of hydrazine groups is 1. The Morgan fingerprint density at radius 1 is 1.13 bits per heavy atom. The fourth-order valence-corrected chi connectivity index (χ4v) is 1.38. The largest absolute Gasteiger partial charge is 0.341 e. The summed E-state index contributed by atoms with van der Waals surface area (Å²) in [7, 11) is 0. The summed E-state index contributed by atoms with van der Waals surface area (Å²) in [5.41, 5.74) is 1.68. The lowest BCUT2D eigenvalue weighted by Crippen LogP contribution is -2.46. The van der Waals surface area contributed by atoms with E-state index in [0.29, 0.717) is 0 Å². The summed E-state index contributed by atoms with van der Waals surface area (Å²) in [5, 5.41) is 2.19. The summed E-state index contributed by atoms with van der Waals surface area (Å²) in [4.78, 5) is 34.7. The van der Waals surface area contributed by atoms with Crippen LogP contribution in [0.25, 0.3) is 0 Å². The van der Waals surface area contributed by atoms with Crippen LogP contribution in [0.3, 0.4) is 0 Å². The predicted molar refractivity (Wildman–Crippen MR) is 51.2 cm³/mol. The molecule has 1 heterocycles. The first kappa shape index (κ1) is 11.4. The van der Waals surface area contributed by atoms with Crippen LogP contribution in [0.1, 0.15) is 12.8 Å². The molecule has 0 aliphatic carbocycles. The van der Waals surface area contributed by atoms with E-state index >= 15 is 0 Å².